The maximum atomic E-state index is 8.80. The van der Waals surface area contributed by atoms with Crippen LogP contribution in [0.15, 0.2) is 24.3 Å². The van der Waals surface area contributed by atoms with Crippen molar-refractivity contribution in [2.75, 3.05) is 0 Å². The molecule has 0 aliphatic rings. The fourth-order valence-corrected chi connectivity index (χ4v) is 0.951. The summed E-state index contributed by atoms with van der Waals surface area (Å²) in [7, 11) is 0. The summed E-state index contributed by atoms with van der Waals surface area (Å²) < 4.78 is 1.03. The fraction of sp³-hybridized carbons (Fsp3) is 0. The van der Waals surface area contributed by atoms with Gasteiger partial charge in [0.2, 0.25) is 0 Å². The van der Waals surface area contributed by atoms with Crippen LogP contribution in [0.2, 0.25) is 0 Å². The van der Waals surface area contributed by atoms with Crippen molar-refractivity contribution in [3.8, 4) is 5.75 Å². The molecule has 1 aromatic rings. The van der Waals surface area contributed by atoms with Gasteiger partial charge in [-0.3, -0.25) is 0 Å². The van der Waals surface area contributed by atoms with Crippen LogP contribution in [-0.4, -0.2) is 21.1 Å². The molecular formula is C6H6OSe. The number of phenols is 1. The molecule has 0 fully saturated rings. The standard InChI is InChI=1S/C6H6OSe/c7-5-2-1-3-6(8)4-5/h1-4,7-8H. The molecule has 2 heteroatoms. The van der Waals surface area contributed by atoms with Crippen molar-refractivity contribution in [2.45, 2.75) is 0 Å². The molecule has 0 saturated heterocycles. The van der Waals surface area contributed by atoms with Crippen molar-refractivity contribution in [3.63, 3.8) is 0 Å². The first-order valence-electron chi connectivity index (χ1n) is 2.27. The fourth-order valence-electron chi connectivity index (χ4n) is 0.493. The molecule has 0 heterocycles. The summed E-state index contributed by atoms with van der Waals surface area (Å²) >= 11 is 2.36. The first kappa shape index (κ1) is 5.67. The van der Waals surface area contributed by atoms with Crippen molar-refractivity contribution < 1.29 is 5.11 Å². The Morgan fingerprint density at radius 1 is 1.38 bits per heavy atom. The molecule has 0 aliphatic heterocycles. The first-order valence-corrected chi connectivity index (χ1v) is 3.21. The first-order chi connectivity index (χ1) is 3.79. The minimum absolute atomic E-state index is 0.322. The summed E-state index contributed by atoms with van der Waals surface area (Å²) in [6.45, 7) is 0. The van der Waals surface area contributed by atoms with Gasteiger partial charge in [-0.25, -0.2) is 0 Å². The van der Waals surface area contributed by atoms with Crippen LogP contribution in [0, 0.1) is 0 Å². The Hall–Kier alpha value is -0.461. The van der Waals surface area contributed by atoms with E-state index in [0.717, 1.165) is 4.46 Å². The molecule has 0 radical (unpaired) electrons. The number of benzene rings is 1. The van der Waals surface area contributed by atoms with E-state index >= 15 is 0 Å². The van der Waals surface area contributed by atoms with E-state index in [1.54, 1.807) is 12.1 Å². The normalized spacial score (nSPS) is 9.12. The third kappa shape index (κ3) is 1.25. The van der Waals surface area contributed by atoms with Crippen molar-refractivity contribution in [3.05, 3.63) is 24.3 Å². The van der Waals surface area contributed by atoms with E-state index in [0.29, 0.717) is 5.75 Å². The van der Waals surface area contributed by atoms with Crippen molar-refractivity contribution in [1.29, 1.82) is 0 Å². The second-order valence-electron chi connectivity index (χ2n) is 1.52. The van der Waals surface area contributed by atoms with Gasteiger partial charge in [0, 0.05) is 0 Å². The van der Waals surface area contributed by atoms with Gasteiger partial charge < -0.3 is 0 Å². The number of rotatable bonds is 0. The third-order valence-electron chi connectivity index (χ3n) is 0.830. The molecule has 8 heavy (non-hydrogen) atoms. The zero-order valence-corrected chi connectivity index (χ0v) is 6.08. The van der Waals surface area contributed by atoms with E-state index in [1.165, 1.54) is 0 Å². The average molecular weight is 173 g/mol. The van der Waals surface area contributed by atoms with Gasteiger partial charge >= 0.3 is 55.6 Å². The average Bonchev–Trinajstić information content (AvgIpc) is 1.64. The van der Waals surface area contributed by atoms with Gasteiger partial charge in [0.25, 0.3) is 0 Å². The van der Waals surface area contributed by atoms with E-state index in [1.807, 2.05) is 12.1 Å². The molecule has 0 amide bonds. The molecule has 0 bridgehead atoms. The predicted octanol–water partition coefficient (Wildman–Crippen LogP) is -0.0817. The molecule has 0 unspecified atom stereocenters. The van der Waals surface area contributed by atoms with Crippen LogP contribution >= 0.6 is 0 Å². The topological polar surface area (TPSA) is 20.2 Å². The van der Waals surface area contributed by atoms with Gasteiger partial charge in [-0.2, -0.15) is 0 Å². The van der Waals surface area contributed by atoms with E-state index in [9.17, 15) is 0 Å². The predicted molar refractivity (Wildman–Crippen MR) is 34.9 cm³/mol. The number of hydrogen-bond donors (Lipinski definition) is 1. The van der Waals surface area contributed by atoms with Gasteiger partial charge in [-0.15, -0.1) is 0 Å². The molecule has 0 aliphatic carbocycles. The second-order valence-corrected chi connectivity index (χ2v) is 2.60. The minimum atomic E-state index is 0.322. The molecule has 1 rings (SSSR count). The molecule has 42 valence electrons. The summed E-state index contributed by atoms with van der Waals surface area (Å²) in [6.07, 6.45) is 0. The van der Waals surface area contributed by atoms with Crippen molar-refractivity contribution >= 4 is 20.5 Å². The molecule has 0 aromatic heterocycles. The van der Waals surface area contributed by atoms with Crippen LogP contribution < -0.4 is 4.46 Å². The summed E-state index contributed by atoms with van der Waals surface area (Å²) in [6, 6.07) is 7.07. The van der Waals surface area contributed by atoms with Gasteiger partial charge in [-0.05, 0) is 0 Å². The maximum absolute atomic E-state index is 8.80. The zero-order valence-electron chi connectivity index (χ0n) is 4.20. The van der Waals surface area contributed by atoms with Crippen LogP contribution in [0.3, 0.4) is 0 Å². The van der Waals surface area contributed by atoms with Gasteiger partial charge in [-0.1, -0.05) is 0 Å². The molecule has 0 atom stereocenters. The summed E-state index contributed by atoms with van der Waals surface area (Å²) in [4.78, 5) is 0. The molecule has 1 nitrogen and oxygen atoms in total. The Morgan fingerprint density at radius 2 is 2.12 bits per heavy atom. The van der Waals surface area contributed by atoms with E-state index < -0.39 is 0 Å². The SMILES string of the molecule is Oc1cccc([SeH])c1. The Bertz CT molecular complexity index is 168. The molecule has 1 aromatic carbocycles. The van der Waals surface area contributed by atoms with E-state index in [-0.39, 0.29) is 0 Å². The van der Waals surface area contributed by atoms with Crippen LogP contribution in [0.25, 0.3) is 0 Å². The molecule has 1 N–H and O–H groups in total. The van der Waals surface area contributed by atoms with Crippen LogP contribution in [0.1, 0.15) is 0 Å². The Labute approximate surface area is 56.2 Å². The third-order valence-corrected chi connectivity index (χ3v) is 1.41. The summed E-state index contributed by atoms with van der Waals surface area (Å²) in [5.74, 6) is 0.322. The van der Waals surface area contributed by atoms with Gasteiger partial charge in [0.15, 0.2) is 0 Å². The number of phenolic OH excluding ortho intramolecular Hbond substituents is 1. The quantitative estimate of drug-likeness (QED) is 0.544. The summed E-state index contributed by atoms with van der Waals surface area (Å²) in [5.41, 5.74) is 0. The molecule has 0 spiro atoms. The van der Waals surface area contributed by atoms with Crippen molar-refractivity contribution in [2.24, 2.45) is 0 Å². The van der Waals surface area contributed by atoms with Crippen LogP contribution in [0.4, 0.5) is 0 Å². The van der Waals surface area contributed by atoms with Gasteiger partial charge in [0.05, 0.1) is 0 Å². The Balaban J connectivity index is 3.08. The van der Waals surface area contributed by atoms with Crippen molar-refractivity contribution in [1.82, 2.24) is 0 Å². The Kier molecular flexibility index (Phi) is 1.56. The van der Waals surface area contributed by atoms with Crippen LogP contribution in [0.5, 0.6) is 5.75 Å². The zero-order chi connectivity index (χ0) is 5.98. The summed E-state index contributed by atoms with van der Waals surface area (Å²) in [5, 5.41) is 8.80. The van der Waals surface area contributed by atoms with E-state index in [2.05, 4.69) is 16.0 Å². The molecule has 0 saturated carbocycles. The van der Waals surface area contributed by atoms with Gasteiger partial charge in [0.1, 0.15) is 0 Å². The Morgan fingerprint density at radius 3 is 2.50 bits per heavy atom. The number of aromatic hydroxyl groups is 1. The van der Waals surface area contributed by atoms with Crippen LogP contribution in [-0.2, 0) is 0 Å². The van der Waals surface area contributed by atoms with E-state index in [4.69, 9.17) is 5.11 Å². The second kappa shape index (κ2) is 2.21. The number of hydrogen-bond acceptors (Lipinski definition) is 1. The molecular weight excluding hydrogens is 167 g/mol. The monoisotopic (exact) mass is 174 g/mol.